The first-order chi connectivity index (χ1) is 8.58. The largest absolute Gasteiger partial charge is 0.373 e. The number of hydrogen-bond acceptors (Lipinski definition) is 4. The summed E-state index contributed by atoms with van der Waals surface area (Å²) in [4.78, 5) is 11.2. The number of ether oxygens (including phenoxy) is 1. The van der Waals surface area contributed by atoms with E-state index in [0.29, 0.717) is 11.0 Å². The molecule has 0 N–H and O–H groups in total. The highest BCUT2D eigenvalue weighted by atomic mass is 35.5. The molecule has 1 atom stereocenters. The van der Waals surface area contributed by atoms with Gasteiger partial charge >= 0.3 is 0 Å². The number of rotatable bonds is 4. The summed E-state index contributed by atoms with van der Waals surface area (Å²) in [7, 11) is 1.69. The molecule has 0 aliphatic heterocycles. The van der Waals surface area contributed by atoms with Crippen LogP contribution < -0.4 is 0 Å². The monoisotopic (exact) mass is 284 g/mol. The van der Waals surface area contributed by atoms with Crippen molar-refractivity contribution in [3.63, 3.8) is 0 Å². The van der Waals surface area contributed by atoms with Gasteiger partial charge in [0.05, 0.1) is 5.39 Å². The maximum Gasteiger partial charge on any atom is 0.160 e. The Morgan fingerprint density at radius 1 is 1.33 bits per heavy atom. The third-order valence-corrected chi connectivity index (χ3v) is 4.50. The molecule has 0 bridgehead atoms. The molecular weight excluding hydrogens is 268 g/mol. The van der Waals surface area contributed by atoms with Crippen molar-refractivity contribution in [3.05, 3.63) is 21.4 Å². The minimum Gasteiger partial charge on any atom is -0.373 e. The van der Waals surface area contributed by atoms with Crippen LogP contribution in [0.5, 0.6) is 0 Å². The Bertz CT molecular complexity index is 568. The van der Waals surface area contributed by atoms with Gasteiger partial charge in [0.2, 0.25) is 0 Å². The molecule has 0 aromatic carbocycles. The molecule has 0 spiro atoms. The molecule has 0 amide bonds. The summed E-state index contributed by atoms with van der Waals surface area (Å²) < 4.78 is 5.44. The number of methoxy groups -OCH3 is 1. The minimum atomic E-state index is -0.0698. The molecule has 5 heteroatoms. The molecular formula is C13H17ClN2OS. The minimum absolute atomic E-state index is 0.0698. The molecule has 1 unspecified atom stereocenters. The lowest BCUT2D eigenvalue weighted by atomic mass is 10.2. The lowest BCUT2D eigenvalue weighted by molar-refractivity contribution is 0.0880. The second-order valence-corrected chi connectivity index (χ2v) is 5.91. The molecule has 2 aromatic rings. The van der Waals surface area contributed by atoms with Crippen molar-refractivity contribution in [3.8, 4) is 0 Å². The Labute approximate surface area is 116 Å². The highest BCUT2D eigenvalue weighted by Crippen LogP contribution is 2.34. The van der Waals surface area contributed by atoms with Gasteiger partial charge in [-0.15, -0.1) is 11.3 Å². The van der Waals surface area contributed by atoms with Crippen LogP contribution in [-0.2, 0) is 4.74 Å². The Hall–Kier alpha value is -0.710. The van der Waals surface area contributed by atoms with E-state index >= 15 is 0 Å². The Kier molecular flexibility index (Phi) is 4.20. The van der Waals surface area contributed by atoms with E-state index in [1.807, 2.05) is 0 Å². The number of thiophene rings is 1. The van der Waals surface area contributed by atoms with Gasteiger partial charge in [0.1, 0.15) is 16.1 Å². The van der Waals surface area contributed by atoms with Gasteiger partial charge in [-0.25, -0.2) is 9.97 Å². The summed E-state index contributed by atoms with van der Waals surface area (Å²) in [5.41, 5.74) is 1.18. The summed E-state index contributed by atoms with van der Waals surface area (Å²) in [5, 5.41) is 1.52. The van der Waals surface area contributed by atoms with Crippen LogP contribution in [-0.4, -0.2) is 17.1 Å². The van der Waals surface area contributed by atoms with Crippen LogP contribution in [0.15, 0.2) is 0 Å². The Balaban J connectivity index is 2.55. The molecule has 0 fully saturated rings. The summed E-state index contributed by atoms with van der Waals surface area (Å²) in [5.74, 6) is 0.693. The number of fused-ring (bicyclic) bond motifs is 1. The Morgan fingerprint density at radius 2 is 2.06 bits per heavy atom. The maximum absolute atomic E-state index is 6.28. The average Bonchev–Trinajstić information content (AvgIpc) is 2.62. The van der Waals surface area contributed by atoms with Gasteiger partial charge in [-0.05, 0) is 25.8 Å². The van der Waals surface area contributed by atoms with Crippen molar-refractivity contribution < 1.29 is 4.74 Å². The van der Waals surface area contributed by atoms with E-state index in [2.05, 4.69) is 30.7 Å². The highest BCUT2D eigenvalue weighted by Gasteiger charge is 2.18. The standard InChI is InChI=1S/C13H17ClN2OS/c1-5-6-9(17-4)12-15-11(14)10-7(2)8(3)18-13(10)16-12/h9H,5-6H2,1-4H3. The number of halogens is 1. The van der Waals surface area contributed by atoms with E-state index in [4.69, 9.17) is 16.3 Å². The normalized spacial score (nSPS) is 13.2. The van der Waals surface area contributed by atoms with Crippen molar-refractivity contribution >= 4 is 33.2 Å². The molecule has 18 heavy (non-hydrogen) atoms. The van der Waals surface area contributed by atoms with Crippen molar-refractivity contribution in [2.45, 2.75) is 39.7 Å². The molecule has 0 saturated heterocycles. The molecule has 2 rings (SSSR count). The average molecular weight is 285 g/mol. The van der Waals surface area contributed by atoms with E-state index in [1.165, 1.54) is 10.4 Å². The van der Waals surface area contributed by atoms with Crippen LogP contribution in [0.4, 0.5) is 0 Å². The van der Waals surface area contributed by atoms with Gasteiger partial charge < -0.3 is 4.74 Å². The van der Waals surface area contributed by atoms with Gasteiger partial charge in [-0.2, -0.15) is 0 Å². The Morgan fingerprint density at radius 3 is 2.67 bits per heavy atom. The number of hydrogen-bond donors (Lipinski definition) is 0. The van der Waals surface area contributed by atoms with Gasteiger partial charge in [-0.1, -0.05) is 24.9 Å². The number of nitrogens with zero attached hydrogens (tertiary/aromatic N) is 2. The molecule has 2 heterocycles. The van der Waals surface area contributed by atoms with E-state index in [9.17, 15) is 0 Å². The van der Waals surface area contributed by atoms with Crippen molar-refractivity contribution in [1.29, 1.82) is 0 Å². The molecule has 0 aliphatic rings. The van der Waals surface area contributed by atoms with Gasteiger partial charge in [0, 0.05) is 12.0 Å². The van der Waals surface area contributed by atoms with Crippen LogP contribution in [0.2, 0.25) is 5.15 Å². The fourth-order valence-corrected chi connectivity index (χ4v) is 3.38. The molecule has 0 radical (unpaired) electrons. The first-order valence-electron chi connectivity index (χ1n) is 6.04. The van der Waals surface area contributed by atoms with Crippen LogP contribution in [0, 0.1) is 13.8 Å². The quantitative estimate of drug-likeness (QED) is 0.778. The smallest absolute Gasteiger partial charge is 0.160 e. The first-order valence-corrected chi connectivity index (χ1v) is 7.23. The van der Waals surface area contributed by atoms with Crippen LogP contribution >= 0.6 is 22.9 Å². The number of aryl methyl sites for hydroxylation is 2. The lowest BCUT2D eigenvalue weighted by Crippen LogP contribution is -2.06. The molecule has 98 valence electrons. The zero-order chi connectivity index (χ0) is 13.3. The van der Waals surface area contributed by atoms with Gasteiger partial charge in [-0.3, -0.25) is 0 Å². The zero-order valence-corrected chi connectivity index (χ0v) is 12.7. The number of aromatic nitrogens is 2. The van der Waals surface area contributed by atoms with Crippen molar-refractivity contribution in [2.24, 2.45) is 0 Å². The lowest BCUT2D eigenvalue weighted by Gasteiger charge is -2.13. The van der Waals surface area contributed by atoms with Gasteiger partial charge in [0.15, 0.2) is 5.82 Å². The summed E-state index contributed by atoms with van der Waals surface area (Å²) >= 11 is 7.94. The fraction of sp³-hybridized carbons (Fsp3) is 0.538. The van der Waals surface area contributed by atoms with Crippen LogP contribution in [0.3, 0.4) is 0 Å². The zero-order valence-electron chi connectivity index (χ0n) is 11.1. The van der Waals surface area contributed by atoms with Crippen molar-refractivity contribution in [2.75, 3.05) is 7.11 Å². The summed E-state index contributed by atoms with van der Waals surface area (Å²) in [6.45, 7) is 6.26. The van der Waals surface area contributed by atoms with Crippen LogP contribution in [0.1, 0.15) is 42.1 Å². The van der Waals surface area contributed by atoms with E-state index in [0.717, 1.165) is 23.1 Å². The topological polar surface area (TPSA) is 35.0 Å². The fourth-order valence-electron chi connectivity index (χ4n) is 1.97. The highest BCUT2D eigenvalue weighted by molar-refractivity contribution is 7.18. The van der Waals surface area contributed by atoms with Crippen LogP contribution in [0.25, 0.3) is 10.2 Å². The summed E-state index contributed by atoms with van der Waals surface area (Å²) in [6.07, 6.45) is 1.86. The molecule has 0 aliphatic carbocycles. The van der Waals surface area contributed by atoms with Gasteiger partial charge in [0.25, 0.3) is 0 Å². The van der Waals surface area contributed by atoms with E-state index in [-0.39, 0.29) is 6.10 Å². The van der Waals surface area contributed by atoms with E-state index in [1.54, 1.807) is 18.4 Å². The first kappa shape index (κ1) is 13.7. The predicted molar refractivity (Wildman–Crippen MR) is 76.6 cm³/mol. The van der Waals surface area contributed by atoms with E-state index < -0.39 is 0 Å². The third kappa shape index (κ3) is 2.37. The second-order valence-electron chi connectivity index (χ2n) is 4.35. The second kappa shape index (κ2) is 5.51. The SMILES string of the molecule is CCCC(OC)c1nc(Cl)c2c(C)c(C)sc2n1. The molecule has 3 nitrogen and oxygen atoms in total. The maximum atomic E-state index is 6.28. The molecule has 2 aromatic heterocycles. The third-order valence-electron chi connectivity index (χ3n) is 3.13. The summed E-state index contributed by atoms with van der Waals surface area (Å²) in [6, 6.07) is 0. The predicted octanol–water partition coefficient (Wildman–Crippen LogP) is 4.45. The van der Waals surface area contributed by atoms with Crippen molar-refractivity contribution in [1.82, 2.24) is 9.97 Å². The molecule has 0 saturated carbocycles.